The van der Waals surface area contributed by atoms with Crippen molar-refractivity contribution in [3.05, 3.63) is 0 Å². The van der Waals surface area contributed by atoms with Crippen molar-refractivity contribution >= 4 is 5.91 Å². The minimum atomic E-state index is -0.217. The van der Waals surface area contributed by atoms with Crippen LogP contribution < -0.4 is 5.32 Å². The van der Waals surface area contributed by atoms with E-state index in [-0.39, 0.29) is 12.3 Å². The Morgan fingerprint density at radius 1 is 1.16 bits per heavy atom. The molecule has 0 spiro atoms. The molecule has 1 heterocycles. The van der Waals surface area contributed by atoms with Gasteiger partial charge in [-0.05, 0) is 32.6 Å². The molecule has 1 saturated carbocycles. The monoisotopic (exact) mass is 270 g/mol. The average Bonchev–Trinajstić information content (AvgIpc) is 3.24. The summed E-state index contributed by atoms with van der Waals surface area (Å²) in [5, 5.41) is 3.54. The normalized spacial score (nSPS) is 22.8. The standard InChI is InChI=1S/C14H26N2O3/c1-10(14(18-2)19-3)15-12-6-8-16(9-7-12)13(17)11-4-5-11/h10-12,14-15H,4-9H2,1-3H3. The molecule has 110 valence electrons. The third-order valence-corrected chi connectivity index (χ3v) is 4.10. The molecule has 19 heavy (non-hydrogen) atoms. The molecule has 0 aromatic carbocycles. The lowest BCUT2D eigenvalue weighted by molar-refractivity contribution is -0.134. The van der Waals surface area contributed by atoms with Gasteiger partial charge < -0.3 is 19.7 Å². The average molecular weight is 270 g/mol. The molecule has 0 aromatic heterocycles. The Balaban J connectivity index is 1.72. The molecule has 1 aliphatic carbocycles. The number of carbonyl (C=O) groups is 1. The minimum Gasteiger partial charge on any atom is -0.354 e. The van der Waals surface area contributed by atoms with Crippen LogP contribution in [0.15, 0.2) is 0 Å². The zero-order valence-corrected chi connectivity index (χ0v) is 12.2. The highest BCUT2D eigenvalue weighted by Gasteiger charge is 2.35. The molecule has 0 bridgehead atoms. The Labute approximate surface area is 115 Å². The fourth-order valence-electron chi connectivity index (χ4n) is 2.81. The predicted molar refractivity (Wildman–Crippen MR) is 72.7 cm³/mol. The minimum absolute atomic E-state index is 0.158. The molecule has 0 aromatic rings. The van der Waals surface area contributed by atoms with Crippen molar-refractivity contribution in [1.82, 2.24) is 10.2 Å². The SMILES string of the molecule is COC(OC)C(C)NC1CCN(C(=O)C2CC2)CC1. The van der Waals surface area contributed by atoms with Crippen molar-refractivity contribution in [2.45, 2.75) is 51.0 Å². The number of carbonyl (C=O) groups excluding carboxylic acids is 1. The van der Waals surface area contributed by atoms with Gasteiger partial charge in [-0.1, -0.05) is 0 Å². The van der Waals surface area contributed by atoms with E-state index in [0.29, 0.717) is 17.9 Å². The van der Waals surface area contributed by atoms with E-state index in [1.165, 1.54) is 0 Å². The van der Waals surface area contributed by atoms with E-state index in [9.17, 15) is 4.79 Å². The number of ether oxygens (including phenoxy) is 2. The van der Waals surface area contributed by atoms with Crippen LogP contribution in [0.1, 0.15) is 32.6 Å². The van der Waals surface area contributed by atoms with Gasteiger partial charge in [0.25, 0.3) is 0 Å². The van der Waals surface area contributed by atoms with E-state index in [1.54, 1.807) is 14.2 Å². The second kappa shape index (κ2) is 6.68. The molecule has 1 aliphatic heterocycles. The number of nitrogens with zero attached hydrogens (tertiary/aromatic N) is 1. The van der Waals surface area contributed by atoms with Crippen LogP contribution in [0, 0.1) is 5.92 Å². The summed E-state index contributed by atoms with van der Waals surface area (Å²) in [4.78, 5) is 14.0. The highest BCUT2D eigenvalue weighted by Crippen LogP contribution is 2.31. The van der Waals surface area contributed by atoms with Crippen LogP contribution >= 0.6 is 0 Å². The molecule has 5 nitrogen and oxygen atoms in total. The van der Waals surface area contributed by atoms with Gasteiger partial charge in [-0.25, -0.2) is 0 Å². The zero-order valence-electron chi connectivity index (χ0n) is 12.2. The van der Waals surface area contributed by atoms with Gasteiger partial charge in [0.05, 0.1) is 6.04 Å². The molecule has 1 amide bonds. The Morgan fingerprint density at radius 3 is 2.21 bits per heavy atom. The summed E-state index contributed by atoms with van der Waals surface area (Å²) in [6.07, 6.45) is 4.01. The lowest BCUT2D eigenvalue weighted by atomic mass is 10.0. The fraction of sp³-hybridized carbons (Fsp3) is 0.929. The molecule has 2 aliphatic rings. The van der Waals surface area contributed by atoms with Crippen LogP contribution in [0.2, 0.25) is 0 Å². The summed E-state index contributed by atoms with van der Waals surface area (Å²) in [7, 11) is 3.31. The second-order valence-electron chi connectivity index (χ2n) is 5.67. The summed E-state index contributed by atoms with van der Waals surface area (Å²) in [5.41, 5.74) is 0. The number of hydrogen-bond donors (Lipinski definition) is 1. The summed E-state index contributed by atoms with van der Waals surface area (Å²) in [6.45, 7) is 3.83. The van der Waals surface area contributed by atoms with Crippen LogP contribution in [0.25, 0.3) is 0 Å². The first-order valence-electron chi connectivity index (χ1n) is 7.26. The molecule has 1 atom stereocenters. The van der Waals surface area contributed by atoms with Crippen LogP contribution in [0.3, 0.4) is 0 Å². The van der Waals surface area contributed by atoms with Gasteiger partial charge in [-0.15, -0.1) is 0 Å². The third-order valence-electron chi connectivity index (χ3n) is 4.10. The number of amides is 1. The lowest BCUT2D eigenvalue weighted by Crippen LogP contribution is -2.50. The lowest BCUT2D eigenvalue weighted by Gasteiger charge is -2.35. The van der Waals surface area contributed by atoms with Crippen molar-refractivity contribution in [2.24, 2.45) is 5.92 Å². The molecule has 1 N–H and O–H groups in total. The Bertz CT molecular complexity index is 295. The molecule has 2 fully saturated rings. The van der Waals surface area contributed by atoms with Gasteiger partial charge in [0.2, 0.25) is 5.91 Å². The van der Waals surface area contributed by atoms with E-state index >= 15 is 0 Å². The second-order valence-corrected chi connectivity index (χ2v) is 5.67. The predicted octanol–water partition coefficient (Wildman–Crippen LogP) is 0.984. The molecule has 1 saturated heterocycles. The number of rotatable bonds is 6. The summed E-state index contributed by atoms with van der Waals surface area (Å²) in [5.74, 6) is 0.716. The van der Waals surface area contributed by atoms with Crippen molar-refractivity contribution in [2.75, 3.05) is 27.3 Å². The summed E-state index contributed by atoms with van der Waals surface area (Å²) >= 11 is 0. The van der Waals surface area contributed by atoms with Crippen molar-refractivity contribution in [3.8, 4) is 0 Å². The maximum absolute atomic E-state index is 12.0. The van der Waals surface area contributed by atoms with Gasteiger partial charge in [-0.3, -0.25) is 4.79 Å². The highest BCUT2D eigenvalue weighted by atomic mass is 16.7. The topological polar surface area (TPSA) is 50.8 Å². The van der Waals surface area contributed by atoms with E-state index in [2.05, 4.69) is 12.2 Å². The quantitative estimate of drug-likeness (QED) is 0.731. The first-order chi connectivity index (χ1) is 9.15. The van der Waals surface area contributed by atoms with E-state index in [1.807, 2.05) is 4.90 Å². The number of piperidine rings is 1. The van der Waals surface area contributed by atoms with Gasteiger partial charge >= 0.3 is 0 Å². The number of methoxy groups -OCH3 is 2. The summed E-state index contributed by atoms with van der Waals surface area (Å²) in [6, 6.07) is 0.608. The van der Waals surface area contributed by atoms with Gasteiger partial charge in [0.1, 0.15) is 0 Å². The molecule has 5 heteroatoms. The van der Waals surface area contributed by atoms with Crippen molar-refractivity contribution < 1.29 is 14.3 Å². The smallest absolute Gasteiger partial charge is 0.225 e. The Kier molecular flexibility index (Phi) is 5.19. The summed E-state index contributed by atoms with van der Waals surface area (Å²) < 4.78 is 10.5. The largest absolute Gasteiger partial charge is 0.354 e. The van der Waals surface area contributed by atoms with Crippen molar-refractivity contribution in [1.29, 1.82) is 0 Å². The molecule has 2 rings (SSSR count). The van der Waals surface area contributed by atoms with Gasteiger partial charge in [0, 0.05) is 39.3 Å². The third kappa shape index (κ3) is 3.91. The molecule has 1 unspecified atom stereocenters. The van der Waals surface area contributed by atoms with Crippen LogP contribution in [-0.4, -0.2) is 56.5 Å². The Morgan fingerprint density at radius 2 is 1.74 bits per heavy atom. The molecular weight excluding hydrogens is 244 g/mol. The van der Waals surface area contributed by atoms with E-state index in [4.69, 9.17) is 9.47 Å². The molecule has 0 radical (unpaired) electrons. The van der Waals surface area contributed by atoms with Crippen molar-refractivity contribution in [3.63, 3.8) is 0 Å². The van der Waals surface area contributed by atoms with Crippen LogP contribution in [0.5, 0.6) is 0 Å². The fourth-order valence-corrected chi connectivity index (χ4v) is 2.81. The highest BCUT2D eigenvalue weighted by molar-refractivity contribution is 5.81. The number of likely N-dealkylation sites (tertiary alicyclic amines) is 1. The molecular formula is C14H26N2O3. The van der Waals surface area contributed by atoms with Crippen LogP contribution in [0.4, 0.5) is 0 Å². The Hall–Kier alpha value is -0.650. The van der Waals surface area contributed by atoms with Crippen LogP contribution in [-0.2, 0) is 14.3 Å². The van der Waals surface area contributed by atoms with E-state index < -0.39 is 0 Å². The first kappa shape index (κ1) is 14.8. The maximum Gasteiger partial charge on any atom is 0.225 e. The van der Waals surface area contributed by atoms with Gasteiger partial charge in [-0.2, -0.15) is 0 Å². The number of hydrogen-bond acceptors (Lipinski definition) is 4. The van der Waals surface area contributed by atoms with Gasteiger partial charge in [0.15, 0.2) is 6.29 Å². The zero-order chi connectivity index (χ0) is 13.8. The van der Waals surface area contributed by atoms with E-state index in [0.717, 1.165) is 38.8 Å². The number of nitrogens with one attached hydrogen (secondary N) is 1. The maximum atomic E-state index is 12.0. The first-order valence-corrected chi connectivity index (χ1v) is 7.26.